The van der Waals surface area contributed by atoms with Gasteiger partial charge in [0.1, 0.15) is 5.82 Å². The lowest BCUT2D eigenvalue weighted by molar-refractivity contribution is -0.122. The van der Waals surface area contributed by atoms with Crippen LogP contribution in [0.25, 0.3) is 0 Å². The molecule has 1 heterocycles. The quantitative estimate of drug-likeness (QED) is 0.313. The van der Waals surface area contributed by atoms with Crippen LogP contribution in [0.4, 0.5) is 21.8 Å². The van der Waals surface area contributed by atoms with Crippen LogP contribution in [-0.4, -0.2) is 49.2 Å². The number of benzene rings is 1. The number of unbranched alkanes of at least 4 members (excludes halogenated alkanes) is 1. The third-order valence-corrected chi connectivity index (χ3v) is 4.57. The summed E-state index contributed by atoms with van der Waals surface area (Å²) < 4.78 is 18.6. The highest BCUT2D eigenvalue weighted by Crippen LogP contribution is 2.24. The number of hydrogen-bond donors (Lipinski definition) is 4. The van der Waals surface area contributed by atoms with Crippen molar-refractivity contribution in [2.24, 2.45) is 0 Å². The van der Waals surface area contributed by atoms with E-state index in [1.54, 1.807) is 25.4 Å². The molecule has 0 spiro atoms. The number of methoxy groups -OCH3 is 1. The van der Waals surface area contributed by atoms with Crippen molar-refractivity contribution in [2.75, 3.05) is 37.9 Å². The SMILES string of the molecule is CCCNc1nc(Nc2ccc(F)c(OC)c2)ncc1C#CCCCNC(=O)[C@H](C)NC. The van der Waals surface area contributed by atoms with E-state index >= 15 is 0 Å². The summed E-state index contributed by atoms with van der Waals surface area (Å²) in [7, 11) is 3.16. The molecule has 2 aromatic rings. The molecule has 0 saturated carbocycles. The molecule has 0 saturated heterocycles. The van der Waals surface area contributed by atoms with Crippen molar-refractivity contribution < 1.29 is 13.9 Å². The molecule has 0 aliphatic heterocycles. The zero-order valence-corrected chi connectivity index (χ0v) is 19.0. The fourth-order valence-electron chi connectivity index (χ4n) is 2.61. The molecule has 9 heteroatoms. The first-order valence-electron chi connectivity index (χ1n) is 10.6. The molecular weight excluding hydrogens is 411 g/mol. The minimum Gasteiger partial charge on any atom is -0.494 e. The van der Waals surface area contributed by atoms with Crippen molar-refractivity contribution in [3.05, 3.63) is 35.8 Å². The summed E-state index contributed by atoms with van der Waals surface area (Å²) >= 11 is 0. The second-order valence-electron chi connectivity index (χ2n) is 7.06. The average Bonchev–Trinajstić information content (AvgIpc) is 2.81. The first kappa shape index (κ1) is 24.9. The van der Waals surface area contributed by atoms with Gasteiger partial charge in [-0.3, -0.25) is 4.79 Å². The number of amides is 1. The molecule has 0 aliphatic rings. The van der Waals surface area contributed by atoms with Crippen molar-refractivity contribution in [1.29, 1.82) is 0 Å². The molecule has 1 amide bonds. The molecule has 4 N–H and O–H groups in total. The summed E-state index contributed by atoms with van der Waals surface area (Å²) in [6.07, 6.45) is 3.97. The Labute approximate surface area is 188 Å². The van der Waals surface area contributed by atoms with Crippen molar-refractivity contribution in [2.45, 2.75) is 39.2 Å². The minimum atomic E-state index is -0.439. The van der Waals surface area contributed by atoms with Gasteiger partial charge in [-0.25, -0.2) is 9.37 Å². The molecule has 0 unspecified atom stereocenters. The van der Waals surface area contributed by atoms with E-state index in [0.717, 1.165) is 19.4 Å². The van der Waals surface area contributed by atoms with E-state index in [1.165, 1.54) is 13.2 Å². The maximum Gasteiger partial charge on any atom is 0.236 e. The van der Waals surface area contributed by atoms with E-state index in [-0.39, 0.29) is 17.7 Å². The third-order valence-electron chi connectivity index (χ3n) is 4.57. The molecule has 1 aromatic carbocycles. The van der Waals surface area contributed by atoms with Crippen molar-refractivity contribution in [3.63, 3.8) is 0 Å². The molecule has 172 valence electrons. The van der Waals surface area contributed by atoms with Crippen LogP contribution in [0.3, 0.4) is 0 Å². The van der Waals surface area contributed by atoms with E-state index in [0.29, 0.717) is 36.0 Å². The molecule has 0 bridgehead atoms. The number of rotatable bonds is 11. The van der Waals surface area contributed by atoms with Gasteiger partial charge in [0.2, 0.25) is 11.9 Å². The Kier molecular flexibility index (Phi) is 10.2. The molecule has 0 radical (unpaired) electrons. The number of nitrogens with zero attached hydrogens (tertiary/aromatic N) is 2. The van der Waals surface area contributed by atoms with Gasteiger partial charge >= 0.3 is 0 Å². The van der Waals surface area contributed by atoms with E-state index in [1.807, 2.05) is 6.92 Å². The number of anilines is 3. The average molecular weight is 443 g/mol. The zero-order valence-electron chi connectivity index (χ0n) is 19.0. The van der Waals surface area contributed by atoms with Gasteiger partial charge in [0, 0.05) is 31.3 Å². The first-order valence-corrected chi connectivity index (χ1v) is 10.6. The second kappa shape index (κ2) is 13.1. The summed E-state index contributed by atoms with van der Waals surface area (Å²) in [4.78, 5) is 20.6. The number of hydrogen-bond acceptors (Lipinski definition) is 7. The van der Waals surface area contributed by atoms with Crippen molar-refractivity contribution >= 4 is 23.4 Å². The Morgan fingerprint density at radius 3 is 2.84 bits per heavy atom. The Morgan fingerprint density at radius 2 is 2.12 bits per heavy atom. The number of carbonyl (C=O) groups is 1. The number of carbonyl (C=O) groups excluding carboxylic acids is 1. The lowest BCUT2D eigenvalue weighted by Crippen LogP contribution is -2.40. The fraction of sp³-hybridized carbons (Fsp3) is 0.435. The smallest absolute Gasteiger partial charge is 0.236 e. The van der Waals surface area contributed by atoms with Crippen LogP contribution >= 0.6 is 0 Å². The molecule has 32 heavy (non-hydrogen) atoms. The monoisotopic (exact) mass is 442 g/mol. The lowest BCUT2D eigenvalue weighted by Gasteiger charge is -2.11. The Balaban J connectivity index is 2.02. The number of aromatic nitrogens is 2. The standard InChI is InChI=1S/C23H31FN6O2/c1-5-12-26-21-17(9-7-6-8-13-27-22(31)16(2)25-3)15-28-23(30-21)29-18-10-11-19(24)20(14-18)32-4/h10-11,14-16,25H,5-6,8,12-13H2,1-4H3,(H,27,31)(H2,26,28,29,30)/t16-/m0/s1. The van der Waals surface area contributed by atoms with E-state index in [9.17, 15) is 9.18 Å². The third kappa shape index (κ3) is 7.71. The summed E-state index contributed by atoms with van der Waals surface area (Å²) in [5, 5.41) is 12.1. The second-order valence-corrected chi connectivity index (χ2v) is 7.06. The van der Waals surface area contributed by atoms with Gasteiger partial charge in [0.15, 0.2) is 11.6 Å². The highest BCUT2D eigenvalue weighted by Gasteiger charge is 2.09. The predicted octanol–water partition coefficient (Wildman–Crippen LogP) is 3.05. The van der Waals surface area contributed by atoms with Gasteiger partial charge in [0.05, 0.1) is 24.9 Å². The highest BCUT2D eigenvalue weighted by molar-refractivity contribution is 5.81. The molecule has 0 aliphatic carbocycles. The number of ether oxygens (including phenoxy) is 1. The van der Waals surface area contributed by atoms with Crippen LogP contribution in [0.15, 0.2) is 24.4 Å². The van der Waals surface area contributed by atoms with Crippen LogP contribution < -0.4 is 26.0 Å². The molecule has 1 atom stereocenters. The molecular formula is C23H31FN6O2. The molecule has 1 aromatic heterocycles. The highest BCUT2D eigenvalue weighted by atomic mass is 19.1. The van der Waals surface area contributed by atoms with Crippen LogP contribution in [0, 0.1) is 17.7 Å². The largest absolute Gasteiger partial charge is 0.494 e. The van der Waals surface area contributed by atoms with E-state index in [4.69, 9.17) is 4.74 Å². The van der Waals surface area contributed by atoms with Crippen LogP contribution in [-0.2, 0) is 4.79 Å². The summed E-state index contributed by atoms with van der Waals surface area (Å²) in [6.45, 7) is 5.18. The number of halogens is 1. The maximum atomic E-state index is 13.6. The van der Waals surface area contributed by atoms with E-state index in [2.05, 4.69) is 50.0 Å². The molecule has 0 fully saturated rings. The maximum absolute atomic E-state index is 13.6. The summed E-state index contributed by atoms with van der Waals surface area (Å²) in [5.74, 6) is 6.88. The Hall–Kier alpha value is -3.38. The number of likely N-dealkylation sites (N-methyl/N-ethyl adjacent to an activating group) is 1. The van der Waals surface area contributed by atoms with Crippen molar-refractivity contribution in [1.82, 2.24) is 20.6 Å². The summed E-state index contributed by atoms with van der Waals surface area (Å²) in [5.41, 5.74) is 1.30. The Morgan fingerprint density at radius 1 is 1.31 bits per heavy atom. The first-order chi connectivity index (χ1) is 15.5. The topological polar surface area (TPSA) is 100 Å². The van der Waals surface area contributed by atoms with Crippen molar-refractivity contribution in [3.8, 4) is 17.6 Å². The van der Waals surface area contributed by atoms with Gasteiger partial charge in [0.25, 0.3) is 0 Å². The van der Waals surface area contributed by atoms with Gasteiger partial charge in [-0.1, -0.05) is 18.8 Å². The normalized spacial score (nSPS) is 11.2. The lowest BCUT2D eigenvalue weighted by atomic mass is 10.2. The Bertz CT molecular complexity index is 957. The van der Waals surface area contributed by atoms with Gasteiger partial charge in [-0.2, -0.15) is 4.98 Å². The fourth-order valence-corrected chi connectivity index (χ4v) is 2.61. The number of nitrogens with one attached hydrogen (secondary N) is 4. The van der Waals surface area contributed by atoms with Crippen LogP contribution in [0.2, 0.25) is 0 Å². The molecule has 2 rings (SSSR count). The predicted molar refractivity (Wildman–Crippen MR) is 125 cm³/mol. The zero-order chi connectivity index (χ0) is 23.3. The van der Waals surface area contributed by atoms with Gasteiger partial charge in [-0.05, 0) is 38.9 Å². The minimum absolute atomic E-state index is 0.0261. The van der Waals surface area contributed by atoms with Gasteiger partial charge in [-0.15, -0.1) is 0 Å². The summed E-state index contributed by atoms with van der Waals surface area (Å²) in [6, 6.07) is 4.24. The van der Waals surface area contributed by atoms with E-state index < -0.39 is 5.82 Å². The van der Waals surface area contributed by atoms with Crippen LogP contribution in [0.1, 0.15) is 38.7 Å². The molecule has 8 nitrogen and oxygen atoms in total. The van der Waals surface area contributed by atoms with Gasteiger partial charge < -0.3 is 26.0 Å². The van der Waals surface area contributed by atoms with Crippen LogP contribution in [0.5, 0.6) is 5.75 Å².